The number of aryl methyl sites for hydroxylation is 2. The fraction of sp³-hybridized carbons (Fsp3) is 0.444. The van der Waals surface area contributed by atoms with Crippen molar-refractivity contribution >= 4 is 17.8 Å². The summed E-state index contributed by atoms with van der Waals surface area (Å²) in [6, 6.07) is 8.73. The van der Waals surface area contributed by atoms with Gasteiger partial charge < -0.3 is 19.3 Å². The minimum absolute atomic E-state index is 0.0757. The van der Waals surface area contributed by atoms with Crippen molar-refractivity contribution in [2.75, 3.05) is 6.61 Å². The van der Waals surface area contributed by atoms with E-state index in [2.05, 4.69) is 15.3 Å². The van der Waals surface area contributed by atoms with Crippen LogP contribution in [0.2, 0.25) is 0 Å². The summed E-state index contributed by atoms with van der Waals surface area (Å²) in [5, 5.41) is 28.7. The molecule has 0 spiro atoms. The lowest BCUT2D eigenvalue weighted by molar-refractivity contribution is -0.384. The summed E-state index contributed by atoms with van der Waals surface area (Å²) in [4.78, 5) is 38.5. The molecule has 13 heteroatoms. The van der Waals surface area contributed by atoms with Crippen molar-refractivity contribution in [3.63, 3.8) is 0 Å². The number of hydrogen-bond donors (Lipinski definition) is 1. The number of ether oxygens (including phenoxy) is 3. The van der Waals surface area contributed by atoms with E-state index in [1.807, 2.05) is 13.0 Å². The molecule has 4 rings (SSSR count). The van der Waals surface area contributed by atoms with Gasteiger partial charge in [0.2, 0.25) is 0 Å². The number of aliphatic carboxylic acids is 1. The van der Waals surface area contributed by atoms with E-state index in [1.165, 1.54) is 24.3 Å². The Hall–Kier alpha value is -4.55. The average molecular weight is 554 g/mol. The predicted octanol–water partition coefficient (Wildman–Crippen LogP) is 4.65. The van der Waals surface area contributed by atoms with Gasteiger partial charge in [0.25, 0.3) is 5.69 Å². The Morgan fingerprint density at radius 3 is 2.65 bits per heavy atom. The fourth-order valence-corrected chi connectivity index (χ4v) is 4.72. The zero-order chi connectivity index (χ0) is 28.9. The van der Waals surface area contributed by atoms with Crippen molar-refractivity contribution in [3.05, 3.63) is 57.9 Å². The van der Waals surface area contributed by atoms with Crippen LogP contribution in [0.25, 0.3) is 11.4 Å². The maximum Gasteiger partial charge on any atom is 0.513 e. The summed E-state index contributed by atoms with van der Waals surface area (Å²) in [5.41, 5.74) is 1.78. The van der Waals surface area contributed by atoms with Gasteiger partial charge in [-0.3, -0.25) is 19.6 Å². The molecule has 212 valence electrons. The molecule has 2 aromatic heterocycles. The number of aromatic nitrogens is 4. The van der Waals surface area contributed by atoms with Gasteiger partial charge in [-0.1, -0.05) is 5.21 Å². The Morgan fingerprint density at radius 1 is 1.23 bits per heavy atom. The van der Waals surface area contributed by atoms with Crippen LogP contribution >= 0.6 is 0 Å². The first-order valence-corrected chi connectivity index (χ1v) is 12.9. The number of carbonyl (C=O) groups excluding carboxylic acids is 1. The zero-order valence-corrected chi connectivity index (χ0v) is 22.5. The van der Waals surface area contributed by atoms with Crippen molar-refractivity contribution in [2.45, 2.75) is 58.5 Å². The summed E-state index contributed by atoms with van der Waals surface area (Å²) in [6.45, 7) is 3.67. The fourth-order valence-electron chi connectivity index (χ4n) is 4.72. The van der Waals surface area contributed by atoms with Crippen LogP contribution in [0.3, 0.4) is 0 Å². The Kier molecular flexibility index (Phi) is 8.61. The van der Waals surface area contributed by atoms with E-state index in [9.17, 15) is 24.8 Å². The van der Waals surface area contributed by atoms with E-state index in [0.29, 0.717) is 48.5 Å². The van der Waals surface area contributed by atoms with Crippen LogP contribution < -0.4 is 9.47 Å². The monoisotopic (exact) mass is 553 g/mol. The van der Waals surface area contributed by atoms with Crippen molar-refractivity contribution in [1.82, 2.24) is 20.0 Å². The van der Waals surface area contributed by atoms with Gasteiger partial charge in [0.05, 0.1) is 40.1 Å². The highest BCUT2D eigenvalue weighted by Crippen LogP contribution is 2.38. The summed E-state index contributed by atoms with van der Waals surface area (Å²) in [6.07, 6.45) is 2.53. The maximum absolute atomic E-state index is 12.0. The standard InChI is InChI=1S/C27H31N5O8/c1-17-23(39-20-6-4-14-27(2,16-20)25(33)34)13-12-21(28-17)24-22(31(3)30-29-24)7-5-15-38-26(35)40-19-10-8-18(9-11-19)32(36)37/h8-13,20H,4-7,14-16H2,1-3H3,(H,33,34)/t20-,27-/m0/s1. The van der Waals surface area contributed by atoms with Crippen LogP contribution in [0, 0.1) is 22.5 Å². The highest BCUT2D eigenvalue weighted by molar-refractivity contribution is 5.74. The molecule has 0 radical (unpaired) electrons. The number of nitrogens with zero attached hydrogens (tertiary/aromatic N) is 5. The number of carboxylic acid groups (broad SMARTS) is 1. The minimum Gasteiger partial charge on any atom is -0.488 e. The van der Waals surface area contributed by atoms with Crippen LogP contribution in [-0.4, -0.2) is 54.8 Å². The third-order valence-electron chi connectivity index (χ3n) is 6.99. The smallest absolute Gasteiger partial charge is 0.488 e. The normalized spacial score (nSPS) is 18.6. The lowest BCUT2D eigenvalue weighted by Gasteiger charge is -2.34. The van der Waals surface area contributed by atoms with Crippen molar-refractivity contribution in [1.29, 1.82) is 0 Å². The second-order valence-electron chi connectivity index (χ2n) is 10.0. The molecule has 3 aromatic rings. The Labute approximate surface area is 230 Å². The van der Waals surface area contributed by atoms with E-state index in [-0.39, 0.29) is 24.1 Å². The molecule has 0 amide bonds. The molecule has 1 aliphatic rings. The Bertz CT molecular complexity index is 1390. The zero-order valence-electron chi connectivity index (χ0n) is 22.5. The number of carboxylic acids is 1. The van der Waals surface area contributed by atoms with E-state index < -0.39 is 22.5 Å². The number of nitro benzene ring substituents is 1. The van der Waals surface area contributed by atoms with Crippen molar-refractivity contribution in [2.24, 2.45) is 12.5 Å². The first-order valence-electron chi connectivity index (χ1n) is 12.9. The largest absolute Gasteiger partial charge is 0.513 e. The van der Waals surface area contributed by atoms with Crippen molar-refractivity contribution < 1.29 is 33.8 Å². The third kappa shape index (κ3) is 6.71. The SMILES string of the molecule is Cc1nc(-c2nnn(C)c2CCCOC(=O)Oc2ccc([N+](=O)[O-])cc2)ccc1O[C@H]1CCC[C@](C)(C(=O)O)C1. The molecule has 2 heterocycles. The quantitative estimate of drug-likeness (QED) is 0.122. The van der Waals surface area contributed by atoms with Crippen LogP contribution in [0.15, 0.2) is 36.4 Å². The van der Waals surface area contributed by atoms with Gasteiger partial charge in [-0.25, -0.2) is 9.78 Å². The van der Waals surface area contributed by atoms with Crippen LogP contribution in [0.5, 0.6) is 11.5 Å². The average Bonchev–Trinajstić information content (AvgIpc) is 3.28. The number of benzene rings is 1. The molecule has 1 aromatic carbocycles. The Morgan fingerprint density at radius 2 is 1.98 bits per heavy atom. The molecule has 2 atom stereocenters. The molecule has 1 N–H and O–H groups in total. The highest BCUT2D eigenvalue weighted by Gasteiger charge is 2.39. The molecule has 1 saturated carbocycles. The summed E-state index contributed by atoms with van der Waals surface area (Å²) >= 11 is 0. The highest BCUT2D eigenvalue weighted by atomic mass is 16.7. The van der Waals surface area contributed by atoms with E-state index >= 15 is 0 Å². The molecule has 1 aliphatic carbocycles. The molecule has 1 fully saturated rings. The van der Waals surface area contributed by atoms with Gasteiger partial charge in [-0.15, -0.1) is 5.10 Å². The number of nitro groups is 1. The van der Waals surface area contributed by atoms with Crippen LogP contribution in [-0.2, 0) is 23.0 Å². The first kappa shape index (κ1) is 28.5. The topological polar surface area (TPSA) is 169 Å². The lowest BCUT2D eigenvalue weighted by Crippen LogP contribution is -2.38. The van der Waals surface area contributed by atoms with Gasteiger partial charge in [-0.2, -0.15) is 0 Å². The predicted molar refractivity (Wildman–Crippen MR) is 141 cm³/mol. The van der Waals surface area contributed by atoms with Gasteiger partial charge in [0.1, 0.15) is 17.2 Å². The second-order valence-corrected chi connectivity index (χ2v) is 10.0. The number of pyridine rings is 1. The Balaban J connectivity index is 1.32. The van der Waals surface area contributed by atoms with E-state index in [0.717, 1.165) is 18.5 Å². The van der Waals surface area contributed by atoms with Gasteiger partial charge in [0.15, 0.2) is 0 Å². The second kappa shape index (κ2) is 12.1. The maximum atomic E-state index is 12.0. The van der Waals surface area contributed by atoms with Crippen molar-refractivity contribution in [3.8, 4) is 22.9 Å². The molecule has 0 bridgehead atoms. The van der Waals surface area contributed by atoms with Gasteiger partial charge >= 0.3 is 12.1 Å². The van der Waals surface area contributed by atoms with E-state index in [1.54, 1.807) is 24.7 Å². The molecule has 0 unspecified atom stereocenters. The molecular weight excluding hydrogens is 522 g/mol. The molecule has 13 nitrogen and oxygen atoms in total. The van der Waals surface area contributed by atoms with Crippen LogP contribution in [0.1, 0.15) is 50.4 Å². The lowest BCUT2D eigenvalue weighted by atomic mass is 9.74. The van der Waals surface area contributed by atoms with Crippen LogP contribution in [0.4, 0.5) is 10.5 Å². The summed E-state index contributed by atoms with van der Waals surface area (Å²) in [7, 11) is 1.77. The van der Waals surface area contributed by atoms with E-state index in [4.69, 9.17) is 14.2 Å². The molecule has 0 saturated heterocycles. The summed E-state index contributed by atoms with van der Waals surface area (Å²) in [5.74, 6) is -0.0521. The third-order valence-corrected chi connectivity index (χ3v) is 6.99. The number of rotatable bonds is 10. The van der Waals surface area contributed by atoms with Gasteiger partial charge in [-0.05, 0) is 70.2 Å². The molecular formula is C27H31N5O8. The number of hydrogen-bond acceptors (Lipinski definition) is 10. The van der Waals surface area contributed by atoms with Gasteiger partial charge in [0, 0.05) is 25.6 Å². The molecule has 40 heavy (non-hydrogen) atoms. The number of carbonyl (C=O) groups is 2. The summed E-state index contributed by atoms with van der Waals surface area (Å²) < 4.78 is 18.0. The first-order chi connectivity index (χ1) is 19.1. The molecule has 0 aliphatic heterocycles. The minimum atomic E-state index is -0.910. The number of non-ortho nitro benzene ring substituents is 1.